The zero-order valence-electron chi connectivity index (χ0n) is 8.87. The maximum atomic E-state index is 11.6. The van der Waals surface area contributed by atoms with Crippen LogP contribution in [0.25, 0.3) is 0 Å². The highest BCUT2D eigenvalue weighted by atomic mass is 35.7. The van der Waals surface area contributed by atoms with E-state index < -0.39 is 15.0 Å². The monoisotopic (exact) mass is 265 g/mol. The van der Waals surface area contributed by atoms with E-state index in [0.29, 0.717) is 6.54 Å². The van der Waals surface area contributed by atoms with Crippen LogP contribution in [0.4, 0.5) is 0 Å². The molecule has 0 saturated carbocycles. The minimum Gasteiger partial charge on any atom is -0.351 e. The average molecular weight is 266 g/mol. The molecule has 6 nitrogen and oxygen atoms in total. The van der Waals surface area contributed by atoms with Crippen molar-refractivity contribution in [3.8, 4) is 0 Å². The van der Waals surface area contributed by atoms with E-state index in [1.54, 1.807) is 0 Å². The summed E-state index contributed by atoms with van der Waals surface area (Å²) in [6.45, 7) is 3.82. The third-order valence-corrected chi connectivity index (χ3v) is 3.34. The Balaban J connectivity index is 3.11. The highest BCUT2D eigenvalue weighted by Crippen LogP contribution is 2.21. The summed E-state index contributed by atoms with van der Waals surface area (Å²) in [6.07, 6.45) is 0.748. The van der Waals surface area contributed by atoms with Crippen molar-refractivity contribution < 1.29 is 13.2 Å². The van der Waals surface area contributed by atoms with Crippen molar-refractivity contribution in [2.75, 3.05) is 6.54 Å². The summed E-state index contributed by atoms with van der Waals surface area (Å²) in [5, 5.41) is 8.59. The van der Waals surface area contributed by atoms with Gasteiger partial charge in [0.1, 0.15) is 4.90 Å². The zero-order valence-corrected chi connectivity index (χ0v) is 10.4. The molecule has 1 rings (SSSR count). The maximum absolute atomic E-state index is 11.6. The second-order valence-corrected chi connectivity index (χ2v) is 5.72. The number of carbonyl (C=O) groups is 1. The number of aromatic nitrogens is 2. The molecule has 8 heteroatoms. The number of halogens is 1. The summed E-state index contributed by atoms with van der Waals surface area (Å²) in [6, 6.07) is 0. The third-order valence-electron chi connectivity index (χ3n) is 1.89. The fourth-order valence-corrected chi connectivity index (χ4v) is 2.54. The molecule has 1 heterocycles. The number of aromatic amines is 1. The molecule has 0 fully saturated rings. The molecular formula is C8H12ClN3O3S. The van der Waals surface area contributed by atoms with E-state index in [4.69, 9.17) is 10.7 Å². The summed E-state index contributed by atoms with van der Waals surface area (Å²) in [7, 11) is 1.25. The smallest absolute Gasteiger partial charge is 0.273 e. The van der Waals surface area contributed by atoms with Gasteiger partial charge in [-0.05, 0) is 13.3 Å². The van der Waals surface area contributed by atoms with Crippen molar-refractivity contribution in [3.63, 3.8) is 0 Å². The second-order valence-electron chi connectivity index (χ2n) is 3.22. The minimum absolute atomic E-state index is 0.194. The number of nitrogens with zero attached hydrogens (tertiary/aromatic N) is 1. The summed E-state index contributed by atoms with van der Waals surface area (Å²) >= 11 is 0. The van der Waals surface area contributed by atoms with Crippen molar-refractivity contribution in [3.05, 3.63) is 11.4 Å². The molecule has 90 valence electrons. The Morgan fingerprint density at radius 1 is 1.56 bits per heavy atom. The van der Waals surface area contributed by atoms with Gasteiger partial charge >= 0.3 is 0 Å². The molecule has 0 radical (unpaired) electrons. The molecule has 2 N–H and O–H groups in total. The Hall–Kier alpha value is -1.08. The predicted molar refractivity (Wildman–Crippen MR) is 59.0 cm³/mol. The third kappa shape index (κ3) is 2.73. The van der Waals surface area contributed by atoms with Gasteiger partial charge in [-0.25, -0.2) is 8.42 Å². The van der Waals surface area contributed by atoms with E-state index in [0.717, 1.165) is 6.42 Å². The van der Waals surface area contributed by atoms with Gasteiger partial charge in [-0.15, -0.1) is 0 Å². The normalized spacial score (nSPS) is 11.4. The van der Waals surface area contributed by atoms with Gasteiger partial charge in [0.2, 0.25) is 0 Å². The van der Waals surface area contributed by atoms with Gasteiger partial charge in [-0.1, -0.05) is 6.92 Å². The summed E-state index contributed by atoms with van der Waals surface area (Å²) < 4.78 is 22.5. The van der Waals surface area contributed by atoms with E-state index in [-0.39, 0.29) is 16.3 Å². The van der Waals surface area contributed by atoms with Gasteiger partial charge < -0.3 is 5.32 Å². The van der Waals surface area contributed by atoms with Gasteiger partial charge in [0, 0.05) is 17.2 Å². The van der Waals surface area contributed by atoms with Crippen LogP contribution in [-0.4, -0.2) is 31.1 Å². The van der Waals surface area contributed by atoms with Crippen LogP contribution in [0.15, 0.2) is 4.90 Å². The Bertz CT molecular complexity index is 495. The fraction of sp³-hybridized carbons (Fsp3) is 0.500. The molecule has 0 aromatic carbocycles. The number of hydrogen-bond donors (Lipinski definition) is 2. The topological polar surface area (TPSA) is 91.9 Å². The van der Waals surface area contributed by atoms with Crippen molar-refractivity contribution >= 4 is 25.6 Å². The molecule has 1 amide bonds. The molecule has 0 saturated heterocycles. The Morgan fingerprint density at radius 3 is 2.69 bits per heavy atom. The zero-order chi connectivity index (χ0) is 12.3. The van der Waals surface area contributed by atoms with Crippen LogP contribution in [0.5, 0.6) is 0 Å². The van der Waals surface area contributed by atoms with E-state index in [9.17, 15) is 13.2 Å². The van der Waals surface area contributed by atoms with Crippen molar-refractivity contribution in [2.45, 2.75) is 25.2 Å². The van der Waals surface area contributed by atoms with Gasteiger partial charge in [0.25, 0.3) is 15.0 Å². The van der Waals surface area contributed by atoms with E-state index in [2.05, 4.69) is 15.5 Å². The molecule has 1 aromatic rings. The Kier molecular flexibility index (Phi) is 3.93. The van der Waals surface area contributed by atoms with Gasteiger partial charge in [-0.2, -0.15) is 5.10 Å². The largest absolute Gasteiger partial charge is 0.351 e. The summed E-state index contributed by atoms with van der Waals surface area (Å²) in [5.41, 5.74) is 0.0533. The molecule has 0 spiro atoms. The van der Waals surface area contributed by atoms with Crippen LogP contribution in [0.2, 0.25) is 0 Å². The lowest BCUT2D eigenvalue weighted by Crippen LogP contribution is -2.25. The maximum Gasteiger partial charge on any atom is 0.273 e. The van der Waals surface area contributed by atoms with Crippen molar-refractivity contribution in [1.29, 1.82) is 0 Å². The van der Waals surface area contributed by atoms with Crippen LogP contribution < -0.4 is 5.32 Å². The molecule has 0 aliphatic heterocycles. The van der Waals surface area contributed by atoms with Crippen molar-refractivity contribution in [2.24, 2.45) is 0 Å². The molecule has 0 bridgehead atoms. The van der Waals surface area contributed by atoms with Gasteiger partial charge in [0.05, 0.1) is 5.69 Å². The van der Waals surface area contributed by atoms with Crippen LogP contribution in [0.1, 0.15) is 29.5 Å². The molecule has 1 aromatic heterocycles. The Labute approximate surface area is 97.8 Å². The first-order chi connectivity index (χ1) is 7.38. The molecule has 0 aliphatic rings. The SMILES string of the molecule is CCCNC(=O)c1n[nH]c(C)c1S(=O)(=O)Cl. The first-order valence-electron chi connectivity index (χ1n) is 4.65. The average Bonchev–Trinajstić information content (AvgIpc) is 2.56. The number of hydrogen-bond acceptors (Lipinski definition) is 4. The lowest BCUT2D eigenvalue weighted by molar-refractivity contribution is 0.0945. The minimum atomic E-state index is -3.97. The van der Waals surface area contributed by atoms with Crippen LogP contribution in [0, 0.1) is 6.92 Å². The standard InChI is InChI=1S/C8H12ClN3O3S/c1-3-4-10-8(13)6-7(16(9,14)15)5(2)11-12-6/h3-4H2,1-2H3,(H,10,13)(H,11,12). The molecule has 0 atom stereocenters. The number of carbonyl (C=O) groups excluding carboxylic acids is 1. The number of rotatable bonds is 4. The second kappa shape index (κ2) is 4.84. The molecule has 16 heavy (non-hydrogen) atoms. The molecule has 0 unspecified atom stereocenters. The lowest BCUT2D eigenvalue weighted by Gasteiger charge is -2.01. The first-order valence-corrected chi connectivity index (χ1v) is 6.96. The number of amides is 1. The van der Waals surface area contributed by atoms with Gasteiger partial charge in [-0.3, -0.25) is 9.89 Å². The fourth-order valence-electron chi connectivity index (χ4n) is 1.19. The van der Waals surface area contributed by atoms with Crippen LogP contribution >= 0.6 is 10.7 Å². The van der Waals surface area contributed by atoms with Crippen LogP contribution in [0.3, 0.4) is 0 Å². The van der Waals surface area contributed by atoms with E-state index in [1.165, 1.54) is 6.92 Å². The first kappa shape index (κ1) is 13.0. The molecular weight excluding hydrogens is 254 g/mol. The van der Waals surface area contributed by atoms with Crippen LogP contribution in [-0.2, 0) is 9.05 Å². The highest BCUT2D eigenvalue weighted by molar-refractivity contribution is 8.13. The molecule has 0 aliphatic carbocycles. The quantitative estimate of drug-likeness (QED) is 0.787. The predicted octanol–water partition coefficient (Wildman–Crippen LogP) is 0.785. The van der Waals surface area contributed by atoms with Gasteiger partial charge in [0.15, 0.2) is 5.69 Å². The summed E-state index contributed by atoms with van der Waals surface area (Å²) in [5.74, 6) is -0.551. The summed E-state index contributed by atoms with van der Waals surface area (Å²) in [4.78, 5) is 11.3. The van der Waals surface area contributed by atoms with E-state index >= 15 is 0 Å². The lowest BCUT2D eigenvalue weighted by atomic mass is 10.3. The number of aryl methyl sites for hydroxylation is 1. The van der Waals surface area contributed by atoms with Crippen molar-refractivity contribution in [1.82, 2.24) is 15.5 Å². The number of nitrogens with one attached hydrogen (secondary N) is 2. The number of H-pyrrole nitrogens is 1. The highest BCUT2D eigenvalue weighted by Gasteiger charge is 2.26. The Morgan fingerprint density at radius 2 is 2.19 bits per heavy atom. The van der Waals surface area contributed by atoms with E-state index in [1.807, 2.05) is 6.92 Å².